The van der Waals surface area contributed by atoms with E-state index in [0.29, 0.717) is 26.4 Å². The molecular weight excluding hydrogens is 380 g/mol. The highest BCUT2D eigenvalue weighted by Gasteiger charge is 2.28. The first-order chi connectivity index (χ1) is 11.2. The molecule has 0 bridgehead atoms. The predicted octanol–water partition coefficient (Wildman–Crippen LogP) is 4.58. The number of thiophene rings is 1. The van der Waals surface area contributed by atoms with Gasteiger partial charge in [0.05, 0.1) is 26.4 Å². The van der Waals surface area contributed by atoms with Crippen LogP contribution in [0, 0.1) is 6.92 Å². The Morgan fingerprint density at radius 2 is 1.52 bits per heavy atom. The zero-order chi connectivity index (χ0) is 15.8. The van der Waals surface area contributed by atoms with E-state index in [2.05, 4.69) is 47.1 Å². The Morgan fingerprint density at radius 3 is 2.09 bits per heavy atom. The lowest BCUT2D eigenvalue weighted by molar-refractivity contribution is -0.0637. The molecule has 1 aromatic heterocycles. The number of hydrogen-bond donors (Lipinski definition) is 0. The second-order valence-corrected chi connectivity index (χ2v) is 7.62. The molecule has 0 amide bonds. The van der Waals surface area contributed by atoms with Crippen molar-refractivity contribution in [2.24, 2.45) is 0 Å². The maximum Gasteiger partial charge on any atom is 0.184 e. The van der Waals surface area contributed by atoms with Crippen molar-refractivity contribution < 1.29 is 18.9 Å². The minimum absolute atomic E-state index is 0.330. The van der Waals surface area contributed by atoms with Crippen LogP contribution in [0.25, 0.3) is 10.4 Å². The molecule has 4 nitrogen and oxygen atoms in total. The van der Waals surface area contributed by atoms with E-state index in [4.69, 9.17) is 18.9 Å². The minimum Gasteiger partial charge on any atom is -0.346 e. The SMILES string of the molecule is Cc1sc(-c2ccc(C3OCCO3)c(C3OCCO3)c2)cc1Br. The molecule has 0 aliphatic carbocycles. The van der Waals surface area contributed by atoms with Crippen molar-refractivity contribution in [3.63, 3.8) is 0 Å². The van der Waals surface area contributed by atoms with Crippen molar-refractivity contribution in [3.8, 4) is 10.4 Å². The fraction of sp³-hybridized carbons (Fsp3) is 0.412. The van der Waals surface area contributed by atoms with Crippen molar-refractivity contribution in [1.82, 2.24) is 0 Å². The van der Waals surface area contributed by atoms with Crippen molar-refractivity contribution in [3.05, 3.63) is 44.7 Å². The first kappa shape index (κ1) is 15.7. The van der Waals surface area contributed by atoms with E-state index in [-0.39, 0.29) is 12.6 Å². The average molecular weight is 397 g/mol. The molecule has 2 fully saturated rings. The topological polar surface area (TPSA) is 36.9 Å². The van der Waals surface area contributed by atoms with Gasteiger partial charge < -0.3 is 18.9 Å². The van der Waals surface area contributed by atoms with Crippen LogP contribution in [-0.2, 0) is 18.9 Å². The molecule has 6 heteroatoms. The molecule has 0 N–H and O–H groups in total. The van der Waals surface area contributed by atoms with Gasteiger partial charge in [0.15, 0.2) is 12.6 Å². The van der Waals surface area contributed by atoms with Crippen molar-refractivity contribution in [2.75, 3.05) is 26.4 Å². The molecule has 3 heterocycles. The molecule has 0 unspecified atom stereocenters. The highest BCUT2D eigenvalue weighted by molar-refractivity contribution is 9.10. The van der Waals surface area contributed by atoms with E-state index in [1.165, 1.54) is 9.75 Å². The summed E-state index contributed by atoms with van der Waals surface area (Å²) in [5.41, 5.74) is 3.14. The molecule has 2 aliphatic heterocycles. The standard InChI is InChI=1S/C17H17BrO4S/c1-10-14(18)9-15(23-10)11-2-3-12(16-19-4-5-20-16)13(8-11)17-21-6-7-22-17/h2-3,8-9,16-17H,4-7H2,1H3. The van der Waals surface area contributed by atoms with Gasteiger partial charge in [0.1, 0.15) is 0 Å². The lowest BCUT2D eigenvalue weighted by Crippen LogP contribution is -2.08. The van der Waals surface area contributed by atoms with Gasteiger partial charge in [-0.2, -0.15) is 0 Å². The zero-order valence-electron chi connectivity index (χ0n) is 12.7. The molecule has 0 spiro atoms. The van der Waals surface area contributed by atoms with Crippen LogP contribution in [0.2, 0.25) is 0 Å². The monoisotopic (exact) mass is 396 g/mol. The van der Waals surface area contributed by atoms with Crippen LogP contribution in [0.15, 0.2) is 28.7 Å². The molecule has 0 atom stereocenters. The average Bonchev–Trinajstić information content (AvgIpc) is 3.29. The molecule has 4 rings (SSSR count). The molecule has 23 heavy (non-hydrogen) atoms. The summed E-state index contributed by atoms with van der Waals surface area (Å²) < 4.78 is 23.9. The van der Waals surface area contributed by atoms with Gasteiger partial charge in [-0.3, -0.25) is 0 Å². The molecule has 1 aromatic carbocycles. The predicted molar refractivity (Wildman–Crippen MR) is 91.5 cm³/mol. The van der Waals surface area contributed by atoms with Crippen LogP contribution >= 0.6 is 27.3 Å². The van der Waals surface area contributed by atoms with E-state index in [1.54, 1.807) is 11.3 Å². The maximum atomic E-state index is 5.72. The van der Waals surface area contributed by atoms with Crippen LogP contribution < -0.4 is 0 Å². The van der Waals surface area contributed by atoms with Gasteiger partial charge in [-0.1, -0.05) is 12.1 Å². The number of halogens is 1. The van der Waals surface area contributed by atoms with E-state index in [9.17, 15) is 0 Å². The molecular formula is C17H17BrO4S. The van der Waals surface area contributed by atoms with Gasteiger partial charge in [0, 0.05) is 25.4 Å². The summed E-state index contributed by atoms with van der Waals surface area (Å²) in [5.74, 6) is 0. The van der Waals surface area contributed by atoms with E-state index >= 15 is 0 Å². The maximum absolute atomic E-state index is 5.72. The van der Waals surface area contributed by atoms with Crippen molar-refractivity contribution >= 4 is 27.3 Å². The highest BCUT2D eigenvalue weighted by atomic mass is 79.9. The Labute approximate surface area is 147 Å². The molecule has 2 saturated heterocycles. The van der Waals surface area contributed by atoms with Gasteiger partial charge >= 0.3 is 0 Å². The number of hydrogen-bond acceptors (Lipinski definition) is 5. The summed E-state index contributed by atoms with van der Waals surface area (Å²) in [6.45, 7) is 4.58. The highest BCUT2D eigenvalue weighted by Crippen LogP contribution is 2.39. The zero-order valence-corrected chi connectivity index (χ0v) is 15.1. The quantitative estimate of drug-likeness (QED) is 0.760. The van der Waals surface area contributed by atoms with E-state index in [1.807, 2.05) is 0 Å². The Hall–Kier alpha value is -0.760. The Bertz CT molecular complexity index is 683. The lowest BCUT2D eigenvalue weighted by Gasteiger charge is -2.19. The van der Waals surface area contributed by atoms with Crippen molar-refractivity contribution in [2.45, 2.75) is 19.5 Å². The van der Waals surface area contributed by atoms with Gasteiger partial charge in [-0.15, -0.1) is 11.3 Å². The van der Waals surface area contributed by atoms with Gasteiger partial charge in [-0.25, -0.2) is 0 Å². The first-order valence-electron chi connectivity index (χ1n) is 7.59. The van der Waals surface area contributed by atoms with Gasteiger partial charge in [0.2, 0.25) is 0 Å². The molecule has 2 aliphatic rings. The number of rotatable bonds is 3. The molecule has 2 aromatic rings. The second kappa shape index (κ2) is 6.63. The minimum atomic E-state index is -0.345. The van der Waals surface area contributed by atoms with Crippen LogP contribution in [0.3, 0.4) is 0 Å². The Morgan fingerprint density at radius 1 is 0.913 bits per heavy atom. The third-order valence-electron chi connectivity index (χ3n) is 3.98. The Kier molecular flexibility index (Phi) is 4.54. The fourth-order valence-electron chi connectivity index (χ4n) is 2.82. The van der Waals surface area contributed by atoms with Crippen LogP contribution in [-0.4, -0.2) is 26.4 Å². The molecule has 0 saturated carbocycles. The summed E-state index contributed by atoms with van der Waals surface area (Å²) in [6.07, 6.45) is -0.675. The van der Waals surface area contributed by atoms with Crippen molar-refractivity contribution in [1.29, 1.82) is 0 Å². The summed E-state index contributed by atoms with van der Waals surface area (Å²) >= 11 is 5.35. The van der Waals surface area contributed by atoms with Crippen LogP contribution in [0.1, 0.15) is 28.6 Å². The molecule has 122 valence electrons. The summed E-state index contributed by atoms with van der Waals surface area (Å²) in [7, 11) is 0. The summed E-state index contributed by atoms with van der Waals surface area (Å²) in [4.78, 5) is 2.48. The second-order valence-electron chi connectivity index (χ2n) is 5.51. The normalized spacial score (nSPS) is 19.7. The van der Waals surface area contributed by atoms with E-state index < -0.39 is 0 Å². The van der Waals surface area contributed by atoms with Crippen LogP contribution in [0.5, 0.6) is 0 Å². The smallest absolute Gasteiger partial charge is 0.184 e. The largest absolute Gasteiger partial charge is 0.346 e. The lowest BCUT2D eigenvalue weighted by atomic mass is 10.0. The number of ether oxygens (including phenoxy) is 4. The summed E-state index contributed by atoms with van der Waals surface area (Å²) in [6, 6.07) is 8.46. The number of aryl methyl sites for hydroxylation is 1. The fourth-order valence-corrected chi connectivity index (χ4v) is 4.36. The molecule has 0 radical (unpaired) electrons. The van der Waals surface area contributed by atoms with Gasteiger partial charge in [-0.05, 0) is 40.5 Å². The van der Waals surface area contributed by atoms with Gasteiger partial charge in [0.25, 0.3) is 0 Å². The van der Waals surface area contributed by atoms with E-state index in [0.717, 1.165) is 21.2 Å². The first-order valence-corrected chi connectivity index (χ1v) is 9.20. The number of benzene rings is 1. The Balaban J connectivity index is 1.75. The third-order valence-corrected chi connectivity index (χ3v) is 6.17. The third kappa shape index (κ3) is 3.12. The van der Waals surface area contributed by atoms with Crippen LogP contribution in [0.4, 0.5) is 0 Å². The summed E-state index contributed by atoms with van der Waals surface area (Å²) in [5, 5.41) is 0.